The molecule has 0 saturated heterocycles. The molecular formula is C14H18N2O6. The van der Waals surface area contributed by atoms with Crippen LogP contribution in [0.3, 0.4) is 0 Å². The Balaban J connectivity index is 2.25. The van der Waals surface area contributed by atoms with E-state index in [1.807, 2.05) is 6.07 Å². The molecule has 1 aromatic rings. The number of hydrogen-bond donors (Lipinski definition) is 0. The average Bonchev–Trinajstić information content (AvgIpc) is 2.53. The van der Waals surface area contributed by atoms with Gasteiger partial charge in [-0.25, -0.2) is 0 Å². The van der Waals surface area contributed by atoms with Crippen LogP contribution in [0, 0.1) is 21.4 Å². The lowest BCUT2D eigenvalue weighted by atomic mass is 10.2. The van der Waals surface area contributed by atoms with Crippen molar-refractivity contribution in [2.24, 2.45) is 0 Å². The Labute approximate surface area is 128 Å². The molecule has 0 N–H and O–H groups in total. The molecule has 0 aromatic heterocycles. The number of nitro groups is 1. The van der Waals surface area contributed by atoms with Crippen LogP contribution in [0.15, 0.2) is 18.2 Å². The topological polar surface area (TPSA) is 104 Å². The Bertz CT molecular complexity index is 515. The van der Waals surface area contributed by atoms with E-state index in [9.17, 15) is 10.1 Å². The van der Waals surface area contributed by atoms with Crippen molar-refractivity contribution in [3.05, 3.63) is 33.9 Å². The normalized spacial score (nSPS) is 10.2. The molecule has 0 unspecified atom stereocenters. The number of methoxy groups -OCH3 is 1. The van der Waals surface area contributed by atoms with Crippen LogP contribution in [0.4, 0.5) is 5.69 Å². The zero-order valence-electron chi connectivity index (χ0n) is 12.3. The van der Waals surface area contributed by atoms with Gasteiger partial charge in [0.15, 0.2) is 0 Å². The standard InChI is InChI=1S/C14H18N2O6/c1-19-4-5-20-6-7-21-8-9-22-14-3-2-13(16(17)18)10-12(14)11-15/h2-3,10H,4-9H2,1H3. The summed E-state index contributed by atoms with van der Waals surface area (Å²) in [6.45, 7) is 2.52. The fourth-order valence-corrected chi connectivity index (χ4v) is 1.52. The second-order valence-electron chi connectivity index (χ2n) is 4.12. The number of non-ortho nitro benzene ring substituents is 1. The van der Waals surface area contributed by atoms with E-state index < -0.39 is 4.92 Å². The third-order valence-electron chi connectivity index (χ3n) is 2.58. The van der Waals surface area contributed by atoms with E-state index in [-0.39, 0.29) is 17.9 Å². The fraction of sp³-hybridized carbons (Fsp3) is 0.500. The molecule has 0 atom stereocenters. The van der Waals surface area contributed by atoms with Crippen molar-refractivity contribution in [3.63, 3.8) is 0 Å². The van der Waals surface area contributed by atoms with Gasteiger partial charge in [0.2, 0.25) is 0 Å². The van der Waals surface area contributed by atoms with Crippen LogP contribution in [0.25, 0.3) is 0 Å². The first kappa shape index (κ1) is 17.8. The summed E-state index contributed by atoms with van der Waals surface area (Å²) in [6.07, 6.45) is 0. The van der Waals surface area contributed by atoms with Crippen molar-refractivity contribution in [2.45, 2.75) is 0 Å². The number of nitriles is 1. The summed E-state index contributed by atoms with van der Waals surface area (Å²) in [6, 6.07) is 5.75. The van der Waals surface area contributed by atoms with Crippen molar-refractivity contribution in [1.29, 1.82) is 5.26 Å². The van der Waals surface area contributed by atoms with Crippen LogP contribution >= 0.6 is 0 Å². The summed E-state index contributed by atoms with van der Waals surface area (Å²) < 4.78 is 20.7. The molecule has 22 heavy (non-hydrogen) atoms. The predicted molar refractivity (Wildman–Crippen MR) is 76.8 cm³/mol. The molecular weight excluding hydrogens is 292 g/mol. The largest absolute Gasteiger partial charge is 0.490 e. The molecule has 0 saturated carbocycles. The first-order valence-corrected chi connectivity index (χ1v) is 6.64. The molecule has 1 rings (SSSR count). The first-order chi connectivity index (χ1) is 10.7. The molecule has 0 radical (unpaired) electrons. The van der Waals surface area contributed by atoms with E-state index in [1.165, 1.54) is 18.2 Å². The second kappa shape index (κ2) is 10.5. The summed E-state index contributed by atoms with van der Waals surface area (Å²) >= 11 is 0. The van der Waals surface area contributed by atoms with E-state index in [0.29, 0.717) is 38.8 Å². The molecule has 8 nitrogen and oxygen atoms in total. The Morgan fingerprint density at radius 1 is 1.14 bits per heavy atom. The van der Waals surface area contributed by atoms with Crippen LogP contribution < -0.4 is 4.74 Å². The minimum atomic E-state index is -0.558. The van der Waals surface area contributed by atoms with Crippen molar-refractivity contribution in [1.82, 2.24) is 0 Å². The molecule has 0 aliphatic carbocycles. The van der Waals surface area contributed by atoms with Gasteiger partial charge in [0, 0.05) is 19.2 Å². The Morgan fingerprint density at radius 2 is 1.77 bits per heavy atom. The smallest absolute Gasteiger partial charge is 0.271 e. The van der Waals surface area contributed by atoms with Gasteiger partial charge in [-0.2, -0.15) is 5.26 Å². The summed E-state index contributed by atoms with van der Waals surface area (Å²) in [5.41, 5.74) is -0.0227. The maximum atomic E-state index is 10.6. The van der Waals surface area contributed by atoms with Gasteiger partial charge >= 0.3 is 0 Å². The van der Waals surface area contributed by atoms with Crippen LogP contribution in [-0.4, -0.2) is 51.7 Å². The highest BCUT2D eigenvalue weighted by Gasteiger charge is 2.11. The van der Waals surface area contributed by atoms with Gasteiger partial charge in [0.1, 0.15) is 24.0 Å². The highest BCUT2D eigenvalue weighted by molar-refractivity contribution is 5.50. The molecule has 0 spiro atoms. The Hall–Kier alpha value is -2.21. The number of ether oxygens (including phenoxy) is 4. The molecule has 0 fully saturated rings. The van der Waals surface area contributed by atoms with E-state index in [2.05, 4.69) is 0 Å². The van der Waals surface area contributed by atoms with Crippen molar-refractivity contribution < 1.29 is 23.9 Å². The number of nitrogens with zero attached hydrogens (tertiary/aromatic N) is 2. The maximum absolute atomic E-state index is 10.6. The Morgan fingerprint density at radius 3 is 2.36 bits per heavy atom. The number of hydrogen-bond acceptors (Lipinski definition) is 7. The maximum Gasteiger partial charge on any atom is 0.271 e. The number of benzene rings is 1. The van der Waals surface area contributed by atoms with E-state index in [4.69, 9.17) is 24.2 Å². The predicted octanol–water partition coefficient (Wildman–Crippen LogP) is 1.52. The molecule has 0 aliphatic rings. The summed E-state index contributed by atoms with van der Waals surface area (Å²) in [4.78, 5) is 10.1. The van der Waals surface area contributed by atoms with Crippen LogP contribution in [0.1, 0.15) is 5.56 Å². The lowest BCUT2D eigenvalue weighted by molar-refractivity contribution is -0.384. The molecule has 0 aliphatic heterocycles. The number of rotatable bonds is 11. The van der Waals surface area contributed by atoms with Crippen LogP contribution in [0.5, 0.6) is 5.75 Å². The zero-order valence-corrected chi connectivity index (χ0v) is 12.3. The molecule has 8 heteroatoms. The fourth-order valence-electron chi connectivity index (χ4n) is 1.52. The lowest BCUT2D eigenvalue weighted by Gasteiger charge is -2.08. The average molecular weight is 310 g/mol. The first-order valence-electron chi connectivity index (χ1n) is 6.64. The lowest BCUT2D eigenvalue weighted by Crippen LogP contribution is -2.12. The van der Waals surface area contributed by atoms with Crippen molar-refractivity contribution in [3.8, 4) is 11.8 Å². The van der Waals surface area contributed by atoms with Crippen LogP contribution in [0.2, 0.25) is 0 Å². The number of nitro benzene ring substituents is 1. The van der Waals surface area contributed by atoms with Gasteiger partial charge in [-0.05, 0) is 6.07 Å². The highest BCUT2D eigenvalue weighted by Crippen LogP contribution is 2.23. The monoisotopic (exact) mass is 310 g/mol. The van der Waals surface area contributed by atoms with Gasteiger partial charge < -0.3 is 18.9 Å². The van der Waals surface area contributed by atoms with Gasteiger partial charge in [0.05, 0.1) is 38.0 Å². The van der Waals surface area contributed by atoms with Gasteiger partial charge in [-0.3, -0.25) is 10.1 Å². The van der Waals surface area contributed by atoms with Gasteiger partial charge in [0.25, 0.3) is 5.69 Å². The van der Waals surface area contributed by atoms with E-state index >= 15 is 0 Å². The van der Waals surface area contributed by atoms with E-state index in [0.717, 1.165) is 0 Å². The van der Waals surface area contributed by atoms with Crippen LogP contribution in [-0.2, 0) is 14.2 Å². The zero-order chi connectivity index (χ0) is 16.2. The van der Waals surface area contributed by atoms with E-state index in [1.54, 1.807) is 7.11 Å². The summed E-state index contributed by atoms with van der Waals surface area (Å²) in [5, 5.41) is 19.6. The molecule has 0 heterocycles. The van der Waals surface area contributed by atoms with Gasteiger partial charge in [-0.15, -0.1) is 0 Å². The molecule has 0 bridgehead atoms. The highest BCUT2D eigenvalue weighted by atomic mass is 16.6. The Kier molecular flexibility index (Phi) is 8.52. The van der Waals surface area contributed by atoms with Crippen molar-refractivity contribution >= 4 is 5.69 Å². The third-order valence-corrected chi connectivity index (χ3v) is 2.58. The second-order valence-corrected chi connectivity index (χ2v) is 4.12. The molecule has 120 valence electrons. The summed E-state index contributed by atoms with van der Waals surface area (Å²) in [5.74, 6) is 0.299. The minimum Gasteiger partial charge on any atom is -0.490 e. The molecule has 0 amide bonds. The minimum absolute atomic E-state index is 0.122. The quantitative estimate of drug-likeness (QED) is 0.347. The van der Waals surface area contributed by atoms with Gasteiger partial charge in [-0.1, -0.05) is 0 Å². The molecule has 1 aromatic carbocycles. The third kappa shape index (κ3) is 6.49. The SMILES string of the molecule is COCCOCCOCCOc1ccc([N+](=O)[O-])cc1C#N. The van der Waals surface area contributed by atoms with Crippen molar-refractivity contribution in [2.75, 3.05) is 46.8 Å². The summed E-state index contributed by atoms with van der Waals surface area (Å²) in [7, 11) is 1.60.